The second-order valence-electron chi connectivity index (χ2n) is 8.98. The smallest absolute Gasteiger partial charge is 0.233 e. The van der Waals surface area contributed by atoms with Gasteiger partial charge in [-0.25, -0.2) is 18.4 Å². The lowest BCUT2D eigenvalue weighted by Crippen LogP contribution is -2.31. The maximum Gasteiger partial charge on any atom is 0.233 e. The molecule has 0 radical (unpaired) electrons. The van der Waals surface area contributed by atoms with Crippen molar-refractivity contribution in [1.82, 2.24) is 19.5 Å². The zero-order chi connectivity index (χ0) is 25.3. The molecular formula is C25H29N7O3S. The molecule has 1 saturated heterocycles. The van der Waals surface area contributed by atoms with E-state index in [0.717, 1.165) is 53.6 Å². The van der Waals surface area contributed by atoms with Crippen LogP contribution < -0.4 is 14.5 Å². The summed E-state index contributed by atoms with van der Waals surface area (Å²) in [7, 11) is -1.95. The number of nitrogens with zero attached hydrogens (tertiary/aromatic N) is 6. The van der Waals surface area contributed by atoms with Gasteiger partial charge in [-0.3, -0.25) is 4.31 Å². The summed E-state index contributed by atoms with van der Waals surface area (Å²) in [6, 6.07) is 13.8. The highest BCUT2D eigenvalue weighted by atomic mass is 32.2. The Morgan fingerprint density at radius 3 is 2.72 bits per heavy atom. The molecule has 4 aromatic rings. The van der Waals surface area contributed by atoms with E-state index in [1.165, 1.54) is 11.4 Å². The molecule has 0 aliphatic carbocycles. The highest BCUT2D eigenvalue weighted by Crippen LogP contribution is 2.28. The first-order chi connectivity index (χ1) is 17.3. The van der Waals surface area contributed by atoms with E-state index in [-0.39, 0.29) is 12.6 Å². The van der Waals surface area contributed by atoms with Gasteiger partial charge in [0.05, 0.1) is 25.4 Å². The molecular weight excluding hydrogens is 478 g/mol. The highest BCUT2D eigenvalue weighted by molar-refractivity contribution is 7.92. The minimum absolute atomic E-state index is 0.165. The van der Waals surface area contributed by atoms with Gasteiger partial charge in [0.2, 0.25) is 16.0 Å². The van der Waals surface area contributed by atoms with Gasteiger partial charge >= 0.3 is 0 Å². The monoisotopic (exact) mass is 507 g/mol. The summed E-state index contributed by atoms with van der Waals surface area (Å²) in [6.45, 7) is 1.52. The molecule has 36 heavy (non-hydrogen) atoms. The van der Waals surface area contributed by atoms with Crippen LogP contribution >= 0.6 is 0 Å². The third-order valence-corrected chi connectivity index (χ3v) is 7.72. The lowest BCUT2D eigenvalue weighted by atomic mass is 10.2. The number of pyridine rings is 1. The highest BCUT2D eigenvalue weighted by Gasteiger charge is 2.23. The van der Waals surface area contributed by atoms with E-state index in [2.05, 4.69) is 20.2 Å². The number of sulfonamides is 1. The van der Waals surface area contributed by atoms with E-state index >= 15 is 0 Å². The van der Waals surface area contributed by atoms with E-state index in [0.29, 0.717) is 18.3 Å². The summed E-state index contributed by atoms with van der Waals surface area (Å²) in [4.78, 5) is 15.7. The van der Waals surface area contributed by atoms with Crippen LogP contribution in [-0.2, 0) is 16.6 Å². The molecule has 0 saturated carbocycles. The van der Waals surface area contributed by atoms with Crippen LogP contribution in [0.25, 0.3) is 11.0 Å². The fraction of sp³-hybridized carbons (Fsp3) is 0.320. The van der Waals surface area contributed by atoms with E-state index in [4.69, 9.17) is 4.98 Å². The molecule has 4 heterocycles. The molecule has 1 aliphatic heterocycles. The molecule has 1 unspecified atom stereocenters. The molecule has 0 amide bonds. The predicted molar refractivity (Wildman–Crippen MR) is 141 cm³/mol. The average Bonchev–Trinajstić information content (AvgIpc) is 3.51. The second kappa shape index (κ2) is 9.75. The Hall–Kier alpha value is -3.70. The summed E-state index contributed by atoms with van der Waals surface area (Å²) in [5, 5.41) is 13.7. The van der Waals surface area contributed by atoms with Crippen LogP contribution in [0.4, 0.5) is 23.1 Å². The maximum absolute atomic E-state index is 12.1. The third kappa shape index (κ3) is 4.84. The Morgan fingerprint density at radius 2 is 1.97 bits per heavy atom. The Morgan fingerprint density at radius 1 is 1.17 bits per heavy atom. The van der Waals surface area contributed by atoms with E-state index in [1.54, 1.807) is 18.5 Å². The van der Waals surface area contributed by atoms with Crippen LogP contribution in [0.1, 0.15) is 18.4 Å². The Balaban J connectivity index is 1.37. The van der Waals surface area contributed by atoms with Crippen molar-refractivity contribution in [2.24, 2.45) is 0 Å². The fourth-order valence-electron chi connectivity index (χ4n) is 4.57. The van der Waals surface area contributed by atoms with Gasteiger partial charge in [-0.15, -0.1) is 0 Å². The molecule has 1 fully saturated rings. The second-order valence-corrected chi connectivity index (χ2v) is 11.0. The number of hydrogen-bond donors (Lipinski definition) is 2. The molecule has 3 aromatic heterocycles. The number of fused-ring (bicyclic) bond motifs is 1. The van der Waals surface area contributed by atoms with Crippen LogP contribution in [0.2, 0.25) is 0 Å². The summed E-state index contributed by atoms with van der Waals surface area (Å²) in [6.07, 6.45) is 8.50. The zero-order valence-corrected chi connectivity index (χ0v) is 21.1. The van der Waals surface area contributed by atoms with Gasteiger partial charge in [-0.2, -0.15) is 4.98 Å². The first kappa shape index (κ1) is 24.0. The standard InChI is InChI=1S/C25H29N7O3S/c1-30(36(2,34)35)23-19(5-3-12-26-23)16-31-14-11-18-15-27-25(29-24(18)31)28-20-7-9-21(10-8-20)32-13-4-6-22(32)17-33/h3,5,7-12,14-15,22,33H,4,6,13,16-17H2,1-2H3,(H,27,28,29). The van der Waals surface area contributed by atoms with Crippen molar-refractivity contribution in [2.75, 3.05) is 41.0 Å². The van der Waals surface area contributed by atoms with Crippen molar-refractivity contribution >= 4 is 44.2 Å². The third-order valence-electron chi connectivity index (χ3n) is 6.55. The number of benzene rings is 1. The number of aliphatic hydroxyl groups excluding tert-OH is 1. The van der Waals surface area contributed by atoms with Crippen molar-refractivity contribution in [2.45, 2.75) is 25.4 Å². The SMILES string of the molecule is CN(c1ncccc1Cn1ccc2cnc(Nc3ccc(N4CCCC4CO)cc3)nc21)S(C)(=O)=O. The van der Waals surface area contributed by atoms with Gasteiger partial charge in [0.25, 0.3) is 0 Å². The molecule has 2 N–H and O–H groups in total. The van der Waals surface area contributed by atoms with Crippen LogP contribution in [0.3, 0.4) is 0 Å². The summed E-state index contributed by atoms with van der Waals surface area (Å²) >= 11 is 0. The van der Waals surface area contributed by atoms with Crippen LogP contribution in [-0.4, -0.2) is 65.5 Å². The number of aromatic nitrogens is 4. The van der Waals surface area contributed by atoms with Crippen LogP contribution in [0.15, 0.2) is 61.1 Å². The lowest BCUT2D eigenvalue weighted by molar-refractivity contribution is 0.266. The van der Waals surface area contributed by atoms with Gasteiger partial charge in [-0.05, 0) is 49.2 Å². The Bertz CT molecular complexity index is 1470. The molecule has 11 heteroatoms. The minimum Gasteiger partial charge on any atom is -0.394 e. The van der Waals surface area contributed by atoms with Gasteiger partial charge < -0.3 is 19.9 Å². The number of rotatable bonds is 8. The van der Waals surface area contributed by atoms with Crippen LogP contribution in [0.5, 0.6) is 0 Å². The van der Waals surface area contributed by atoms with Gasteiger partial charge in [-0.1, -0.05) is 6.07 Å². The molecule has 1 atom stereocenters. The quantitative estimate of drug-likeness (QED) is 0.374. The molecule has 188 valence electrons. The lowest BCUT2D eigenvalue weighted by Gasteiger charge is -2.25. The first-order valence-electron chi connectivity index (χ1n) is 11.8. The van der Waals surface area contributed by atoms with Crippen molar-refractivity contribution in [1.29, 1.82) is 0 Å². The molecule has 1 aliphatic rings. The summed E-state index contributed by atoms with van der Waals surface area (Å²) in [5.74, 6) is 0.847. The molecule has 1 aromatic carbocycles. The maximum atomic E-state index is 12.1. The van der Waals surface area contributed by atoms with E-state index in [9.17, 15) is 13.5 Å². The predicted octanol–water partition coefficient (Wildman–Crippen LogP) is 2.98. The summed E-state index contributed by atoms with van der Waals surface area (Å²) in [5.41, 5.74) is 3.44. The van der Waals surface area contributed by atoms with Crippen molar-refractivity contribution in [3.63, 3.8) is 0 Å². The number of nitrogens with one attached hydrogen (secondary N) is 1. The number of aliphatic hydroxyl groups is 1. The van der Waals surface area contributed by atoms with E-state index < -0.39 is 10.0 Å². The summed E-state index contributed by atoms with van der Waals surface area (Å²) < 4.78 is 27.3. The minimum atomic E-state index is -3.44. The Labute approximate surface area is 210 Å². The number of anilines is 4. The van der Waals surface area contributed by atoms with Crippen molar-refractivity contribution in [3.8, 4) is 0 Å². The topological polar surface area (TPSA) is 116 Å². The van der Waals surface area contributed by atoms with E-state index in [1.807, 2.05) is 47.2 Å². The van der Waals surface area contributed by atoms with Crippen molar-refractivity contribution < 1.29 is 13.5 Å². The molecule has 5 rings (SSSR count). The number of hydrogen-bond acceptors (Lipinski definition) is 8. The zero-order valence-electron chi connectivity index (χ0n) is 20.2. The largest absolute Gasteiger partial charge is 0.394 e. The molecule has 10 nitrogen and oxygen atoms in total. The normalized spacial score (nSPS) is 16.0. The first-order valence-corrected chi connectivity index (χ1v) is 13.6. The van der Waals surface area contributed by atoms with Gasteiger partial charge in [0.1, 0.15) is 11.5 Å². The van der Waals surface area contributed by atoms with Crippen LogP contribution in [0, 0.1) is 0 Å². The molecule has 0 bridgehead atoms. The van der Waals surface area contributed by atoms with Gasteiger partial charge in [0.15, 0.2) is 0 Å². The van der Waals surface area contributed by atoms with Crippen molar-refractivity contribution in [3.05, 3.63) is 66.6 Å². The average molecular weight is 508 g/mol. The molecule has 0 spiro atoms. The van der Waals surface area contributed by atoms with Gasteiger partial charge in [0, 0.05) is 54.5 Å². The fourth-order valence-corrected chi connectivity index (χ4v) is 5.05. The Kier molecular flexibility index (Phi) is 6.50.